The Labute approximate surface area is 349 Å². The van der Waals surface area contributed by atoms with Gasteiger partial charge in [0, 0.05) is 75.0 Å². The van der Waals surface area contributed by atoms with E-state index in [0.29, 0.717) is 13.1 Å². The molecule has 5 bridgehead atoms. The van der Waals surface area contributed by atoms with Crippen molar-refractivity contribution in [1.29, 1.82) is 0 Å². The Morgan fingerprint density at radius 2 is 1.55 bits per heavy atom. The van der Waals surface area contributed by atoms with Crippen molar-refractivity contribution >= 4 is 29.4 Å². The number of ether oxygens (including phenoxy) is 5. The maximum Gasteiger partial charge on any atom is 0.410 e. The summed E-state index contributed by atoms with van der Waals surface area (Å²) < 4.78 is 29.6. The number of rotatable bonds is 3. The number of amides is 2. The number of Topliss-reactive ketones (excluding diaryl/α,β-unsaturated/α-hetero) is 3. The number of phenolic OH excluding ortho intramolecular Hbond substituents is 1. The van der Waals surface area contributed by atoms with E-state index in [1.165, 1.54) is 46.3 Å². The minimum atomic E-state index is -2.08. The normalized spacial score (nSPS) is 33.8. The van der Waals surface area contributed by atoms with Crippen LogP contribution in [-0.4, -0.2) is 131 Å². The second kappa shape index (κ2) is 17.9. The number of aliphatic hydroxyl groups excluding tert-OH is 2. The monoisotopic (exact) mass is 835 g/mol. The summed E-state index contributed by atoms with van der Waals surface area (Å²) in [7, 11) is 1.45. The van der Waals surface area contributed by atoms with E-state index < -0.39 is 94.5 Å². The highest BCUT2D eigenvalue weighted by atomic mass is 16.7. The fourth-order valence-corrected chi connectivity index (χ4v) is 8.66. The first kappa shape index (κ1) is 44.5. The molecule has 1 aliphatic carbocycles. The van der Waals surface area contributed by atoms with Crippen molar-refractivity contribution in [3.05, 3.63) is 69.8 Å². The van der Waals surface area contributed by atoms with Crippen LogP contribution in [0, 0.1) is 30.6 Å². The number of benzene rings is 1. The smallest absolute Gasteiger partial charge is 0.410 e. The fraction of sp³-hybridized carbons (Fsp3) is 0.568. The number of nitrogens with zero attached hydrogens (tertiary/aromatic N) is 2. The molecule has 9 atom stereocenters. The van der Waals surface area contributed by atoms with Crippen LogP contribution in [0.1, 0.15) is 91.0 Å². The lowest BCUT2D eigenvalue weighted by molar-refractivity contribution is -0.116. The first-order valence-electron chi connectivity index (χ1n) is 20.6. The van der Waals surface area contributed by atoms with Crippen LogP contribution in [0.3, 0.4) is 0 Å². The molecule has 0 radical (unpaired) electrons. The lowest BCUT2D eigenvalue weighted by Crippen LogP contribution is -2.48. The number of nitrogens with one attached hydrogen (secondary N) is 1. The molecule has 60 heavy (non-hydrogen) atoms. The van der Waals surface area contributed by atoms with E-state index >= 15 is 0 Å². The van der Waals surface area contributed by atoms with Gasteiger partial charge in [-0.1, -0.05) is 45.9 Å². The Morgan fingerprint density at radius 1 is 0.883 bits per heavy atom. The first-order chi connectivity index (χ1) is 28.4. The van der Waals surface area contributed by atoms with Gasteiger partial charge in [0.25, 0.3) is 11.7 Å². The van der Waals surface area contributed by atoms with Crippen LogP contribution in [0.5, 0.6) is 11.5 Å². The average molecular weight is 836 g/mol. The molecular weight excluding hydrogens is 778 g/mol. The van der Waals surface area contributed by atoms with Crippen molar-refractivity contribution in [3.8, 4) is 11.5 Å². The number of ketones is 3. The second-order valence-corrected chi connectivity index (χ2v) is 16.6. The number of carbonyl (C=O) groups excluding carboxylic acids is 5. The van der Waals surface area contributed by atoms with Crippen molar-refractivity contribution < 1.29 is 63.0 Å². The molecular formula is C44H57N3O13. The SMILES string of the molecule is CO[C@H]1/C=C/O[C@@]2(C)Oc3c(C)c(O)c4c(c3C2=O)C(=O)C(N2CCOCC2)=C(NC(=O)/C(C)=C\C=C\[C@@H](C)[C@@H](O)[C@@H](C)[C@@H](O)[C@@H](C)[C@@H](OC(=O)N2CCCC2)[C@@H]1C)C4=O. The number of morpholine rings is 1. The summed E-state index contributed by atoms with van der Waals surface area (Å²) >= 11 is 0. The quantitative estimate of drug-likeness (QED) is 0.340. The molecule has 0 saturated carbocycles. The maximum absolute atomic E-state index is 14.7. The Hall–Kier alpha value is -5.03. The van der Waals surface area contributed by atoms with Crippen LogP contribution >= 0.6 is 0 Å². The molecule has 2 amide bonds. The van der Waals surface area contributed by atoms with E-state index in [2.05, 4.69) is 5.32 Å². The van der Waals surface area contributed by atoms with Gasteiger partial charge in [-0.25, -0.2) is 4.79 Å². The third kappa shape index (κ3) is 8.21. The molecule has 0 unspecified atom stereocenters. The summed E-state index contributed by atoms with van der Waals surface area (Å²) in [6.07, 6.45) is 4.62. The van der Waals surface area contributed by atoms with Crippen LogP contribution in [-0.2, 0) is 23.7 Å². The molecule has 326 valence electrons. The number of fused-ring (bicyclic) bond motifs is 14. The summed E-state index contributed by atoms with van der Waals surface area (Å²) in [4.78, 5) is 74.0. The van der Waals surface area contributed by atoms with Gasteiger partial charge in [-0.15, -0.1) is 0 Å². The summed E-state index contributed by atoms with van der Waals surface area (Å²) in [5.74, 6) is -8.53. The van der Waals surface area contributed by atoms with E-state index in [4.69, 9.17) is 23.7 Å². The highest BCUT2D eigenvalue weighted by Gasteiger charge is 2.53. The molecule has 5 aliphatic heterocycles. The summed E-state index contributed by atoms with van der Waals surface area (Å²) in [5, 5.41) is 37.4. The highest BCUT2D eigenvalue weighted by Crippen LogP contribution is 2.49. The molecule has 1 aromatic rings. The van der Waals surface area contributed by atoms with E-state index in [1.54, 1.807) is 49.6 Å². The van der Waals surface area contributed by atoms with Crippen LogP contribution in [0.15, 0.2) is 47.5 Å². The van der Waals surface area contributed by atoms with E-state index in [-0.39, 0.29) is 65.7 Å². The van der Waals surface area contributed by atoms with Gasteiger partial charge in [0.05, 0.1) is 54.5 Å². The number of hydrogen-bond acceptors (Lipinski definition) is 14. The lowest BCUT2D eigenvalue weighted by atomic mass is 9.78. The predicted molar refractivity (Wildman–Crippen MR) is 216 cm³/mol. The molecule has 1 aromatic carbocycles. The molecule has 6 aliphatic rings. The Bertz CT molecular complexity index is 2030. The van der Waals surface area contributed by atoms with Gasteiger partial charge >= 0.3 is 11.9 Å². The molecule has 5 heterocycles. The van der Waals surface area contributed by atoms with Crippen molar-refractivity contribution in [1.82, 2.24) is 15.1 Å². The lowest BCUT2D eigenvalue weighted by Gasteiger charge is -2.38. The zero-order valence-corrected chi connectivity index (χ0v) is 35.5. The topological polar surface area (TPSA) is 211 Å². The van der Waals surface area contributed by atoms with Crippen LogP contribution in [0.2, 0.25) is 0 Å². The van der Waals surface area contributed by atoms with Crippen LogP contribution < -0.4 is 10.1 Å². The molecule has 0 spiro atoms. The standard InChI is InChI=1S/C44H57N3O13/c1-22-12-11-13-23(2)42(54)45-32-33(46-17-20-57-21-18-46)38(52)29-30(37(32)51)36(50)27(6)40-31(29)41(53)44(7,60-40)58-19-14-28(56-8)24(3)39(26(5)35(49)25(4)34(22)48)59-43(55)47-15-9-10-16-47/h11-14,19,22,24-26,28,34-35,39,48-50H,9-10,15-18,20-21H2,1-8H3,(H,45,54)/b12-11+,19-14+,23-13-/t22-,24-,25-,26-,28+,34-,35-,39+,44+/m1/s1. The van der Waals surface area contributed by atoms with Gasteiger partial charge in [0.1, 0.15) is 29.0 Å². The summed E-state index contributed by atoms with van der Waals surface area (Å²) in [6, 6.07) is 0. The van der Waals surface area contributed by atoms with E-state index in [1.807, 2.05) is 0 Å². The number of phenols is 1. The zero-order chi connectivity index (χ0) is 43.8. The summed E-state index contributed by atoms with van der Waals surface area (Å²) in [5.41, 5.74) is -1.45. The highest BCUT2D eigenvalue weighted by molar-refractivity contribution is 6.32. The fourth-order valence-electron chi connectivity index (χ4n) is 8.66. The summed E-state index contributed by atoms with van der Waals surface area (Å²) in [6.45, 7) is 13.2. The molecule has 4 N–H and O–H groups in total. The number of likely N-dealkylation sites (tertiary alicyclic amines) is 1. The molecule has 0 aromatic heterocycles. The van der Waals surface area contributed by atoms with Gasteiger partial charge in [-0.3, -0.25) is 19.2 Å². The van der Waals surface area contributed by atoms with Gasteiger partial charge in [-0.2, -0.15) is 0 Å². The largest absolute Gasteiger partial charge is 0.507 e. The molecule has 7 rings (SSSR count). The Kier molecular flexibility index (Phi) is 13.3. The predicted octanol–water partition coefficient (Wildman–Crippen LogP) is 3.96. The van der Waals surface area contributed by atoms with Crippen molar-refractivity contribution in [2.45, 2.75) is 91.5 Å². The molecule has 2 saturated heterocycles. The number of methoxy groups -OCH3 is 1. The molecule has 16 nitrogen and oxygen atoms in total. The second-order valence-electron chi connectivity index (χ2n) is 16.6. The molecule has 2 fully saturated rings. The minimum Gasteiger partial charge on any atom is -0.507 e. The number of allylic oxidation sites excluding steroid dienone is 4. The first-order valence-corrected chi connectivity index (χ1v) is 20.6. The van der Waals surface area contributed by atoms with Crippen LogP contribution in [0.25, 0.3) is 0 Å². The van der Waals surface area contributed by atoms with Crippen molar-refractivity contribution in [3.63, 3.8) is 0 Å². The van der Waals surface area contributed by atoms with Crippen LogP contribution in [0.4, 0.5) is 4.79 Å². The van der Waals surface area contributed by atoms with Crippen molar-refractivity contribution in [2.24, 2.45) is 23.7 Å². The van der Waals surface area contributed by atoms with Crippen molar-refractivity contribution in [2.75, 3.05) is 46.5 Å². The maximum atomic E-state index is 14.7. The zero-order valence-electron chi connectivity index (χ0n) is 35.5. The van der Waals surface area contributed by atoms with E-state index in [0.717, 1.165) is 12.8 Å². The van der Waals surface area contributed by atoms with Gasteiger partial charge < -0.3 is 54.1 Å². The third-order valence-electron chi connectivity index (χ3n) is 12.6. The number of hydrogen-bond donors (Lipinski definition) is 4. The number of aliphatic hydroxyl groups is 2. The Balaban J connectivity index is 1.46. The number of aromatic hydroxyl groups is 1. The number of carbonyl (C=O) groups is 5. The van der Waals surface area contributed by atoms with Gasteiger partial charge in [0.15, 0.2) is 0 Å². The molecule has 16 heteroatoms. The van der Waals surface area contributed by atoms with Gasteiger partial charge in [-0.05, 0) is 32.8 Å². The Morgan fingerprint density at radius 3 is 2.20 bits per heavy atom. The average Bonchev–Trinajstić information content (AvgIpc) is 3.87. The third-order valence-corrected chi connectivity index (χ3v) is 12.6. The van der Waals surface area contributed by atoms with E-state index in [9.17, 15) is 39.3 Å². The minimum absolute atomic E-state index is 0.00548. The van der Waals surface area contributed by atoms with Gasteiger partial charge in [0.2, 0.25) is 11.6 Å².